The van der Waals surface area contributed by atoms with E-state index in [1.165, 1.54) is 16.7 Å². The number of fused-ring (bicyclic) bond motifs is 1. The lowest BCUT2D eigenvalue weighted by Gasteiger charge is -2.46. The summed E-state index contributed by atoms with van der Waals surface area (Å²) in [4.78, 5) is 44.0. The van der Waals surface area contributed by atoms with Gasteiger partial charge in [-0.25, -0.2) is 4.79 Å². The van der Waals surface area contributed by atoms with E-state index in [9.17, 15) is 24.6 Å². The lowest BCUT2D eigenvalue weighted by molar-refractivity contribution is -0.163. The van der Waals surface area contributed by atoms with E-state index in [2.05, 4.69) is 4.90 Å². The smallest absolute Gasteiger partial charge is 0.353 e. The van der Waals surface area contributed by atoms with Crippen LogP contribution < -0.4 is 5.73 Å². The number of hydrogen-bond donors (Lipinski definition) is 3. The van der Waals surface area contributed by atoms with Crippen LogP contribution in [0.2, 0.25) is 0 Å². The molecule has 4 rings (SSSR count). The average molecular weight is 481 g/mol. The van der Waals surface area contributed by atoms with Crippen molar-refractivity contribution >= 4 is 29.5 Å². The van der Waals surface area contributed by atoms with Crippen LogP contribution in [0.4, 0.5) is 0 Å². The number of aliphatic carboxylic acids is 1. The van der Waals surface area contributed by atoms with Crippen LogP contribution in [0.25, 0.3) is 0 Å². The average Bonchev–Trinajstić information content (AvgIpc) is 3.42. The summed E-state index contributed by atoms with van der Waals surface area (Å²) in [7, 11) is 1.95. The number of nitrogens with zero attached hydrogens (tertiary/aromatic N) is 3. The molecule has 4 aliphatic heterocycles. The summed E-state index contributed by atoms with van der Waals surface area (Å²) in [5.74, 6) is -1.44. The number of β-lactam (4-membered cyclic amide) rings is 1. The van der Waals surface area contributed by atoms with E-state index >= 15 is 0 Å². The van der Waals surface area contributed by atoms with Crippen molar-refractivity contribution in [2.75, 3.05) is 33.2 Å². The molecule has 10 heteroatoms. The third-order valence-electron chi connectivity index (χ3n) is 7.81. The van der Waals surface area contributed by atoms with Crippen molar-refractivity contribution in [2.45, 2.75) is 63.0 Å². The van der Waals surface area contributed by atoms with Crippen LogP contribution in [-0.2, 0) is 14.4 Å². The predicted octanol–water partition coefficient (Wildman–Crippen LogP) is 0.533. The number of likely N-dealkylation sites (tertiary alicyclic amines) is 2. The standard InChI is InChI=1S/C23H36N4O5S/c1-12-18-17(13(2)28)22(30)27(18)19(23(31)32)20(12)33-15-9-16(25(3)11-15)21(29)26-8-6-14(10-26)5-4-7-24/h12-18,28H,4-11,24H2,1-3H3,(H,31,32)/t12-,13-,14?,15+,16+,17?,18?/m1/s1. The Morgan fingerprint density at radius 1 is 1.30 bits per heavy atom. The van der Waals surface area contributed by atoms with Crippen LogP contribution in [0.1, 0.15) is 39.5 Å². The van der Waals surface area contributed by atoms with E-state index in [1.54, 1.807) is 6.92 Å². The third-order valence-corrected chi connectivity index (χ3v) is 9.31. The maximum absolute atomic E-state index is 13.2. The second kappa shape index (κ2) is 9.56. The minimum atomic E-state index is -1.11. The van der Waals surface area contributed by atoms with Gasteiger partial charge in [0.05, 0.1) is 24.1 Å². The fourth-order valence-corrected chi connectivity index (χ4v) is 7.67. The van der Waals surface area contributed by atoms with Crippen molar-refractivity contribution in [3.63, 3.8) is 0 Å². The molecule has 0 aromatic carbocycles. The maximum Gasteiger partial charge on any atom is 0.353 e. The second-order valence-corrected chi connectivity index (χ2v) is 11.4. The van der Waals surface area contributed by atoms with Gasteiger partial charge in [0.15, 0.2) is 0 Å². The van der Waals surface area contributed by atoms with Crippen LogP contribution in [-0.4, -0.2) is 99.4 Å². The molecule has 0 aromatic rings. The predicted molar refractivity (Wildman–Crippen MR) is 125 cm³/mol. The van der Waals surface area contributed by atoms with Gasteiger partial charge in [-0.05, 0) is 52.1 Å². The summed E-state index contributed by atoms with van der Waals surface area (Å²) in [5, 5.41) is 20.0. The van der Waals surface area contributed by atoms with Crippen molar-refractivity contribution in [3.05, 3.63) is 10.6 Å². The third kappa shape index (κ3) is 4.31. The van der Waals surface area contributed by atoms with E-state index < -0.39 is 18.0 Å². The van der Waals surface area contributed by atoms with Gasteiger partial charge in [0, 0.05) is 35.7 Å². The van der Waals surface area contributed by atoms with Crippen LogP contribution in [0, 0.1) is 17.8 Å². The Kier molecular flexibility index (Phi) is 7.10. The van der Waals surface area contributed by atoms with E-state index in [1.807, 2.05) is 18.9 Å². The van der Waals surface area contributed by atoms with E-state index in [4.69, 9.17) is 5.73 Å². The van der Waals surface area contributed by atoms with Gasteiger partial charge in [-0.3, -0.25) is 14.5 Å². The maximum atomic E-state index is 13.2. The molecule has 0 saturated carbocycles. The zero-order valence-corrected chi connectivity index (χ0v) is 20.5. The number of aliphatic hydroxyl groups excluding tert-OH is 1. The van der Waals surface area contributed by atoms with Gasteiger partial charge in [-0.2, -0.15) is 0 Å². The van der Waals surface area contributed by atoms with Crippen molar-refractivity contribution < 1.29 is 24.6 Å². The molecule has 2 amide bonds. The molecule has 3 saturated heterocycles. The summed E-state index contributed by atoms with van der Waals surface area (Å²) in [6, 6.07) is -0.511. The van der Waals surface area contributed by atoms with Crippen LogP contribution in [0.3, 0.4) is 0 Å². The molecule has 0 aliphatic carbocycles. The van der Waals surface area contributed by atoms with Crippen LogP contribution in [0.15, 0.2) is 10.6 Å². The van der Waals surface area contributed by atoms with E-state index in [-0.39, 0.29) is 40.8 Å². The Morgan fingerprint density at radius 2 is 2.03 bits per heavy atom. The molecule has 4 heterocycles. The highest BCUT2D eigenvalue weighted by Crippen LogP contribution is 2.52. The number of carboxylic acids is 1. The van der Waals surface area contributed by atoms with E-state index in [0.29, 0.717) is 30.3 Å². The molecule has 0 aromatic heterocycles. The minimum Gasteiger partial charge on any atom is -0.477 e. The molecule has 3 unspecified atom stereocenters. The lowest BCUT2D eigenvalue weighted by atomic mass is 9.79. The number of nitrogens with two attached hydrogens (primary N) is 1. The number of carboxylic acid groups (broad SMARTS) is 1. The van der Waals surface area contributed by atoms with Gasteiger partial charge in [0.1, 0.15) is 5.70 Å². The second-order valence-electron chi connectivity index (χ2n) is 10.1. The largest absolute Gasteiger partial charge is 0.477 e. The summed E-state index contributed by atoms with van der Waals surface area (Å²) in [6.45, 7) is 6.48. The number of hydrogen-bond acceptors (Lipinski definition) is 7. The van der Waals surface area contributed by atoms with Crippen molar-refractivity contribution in [1.82, 2.24) is 14.7 Å². The molecule has 4 N–H and O–H groups in total. The minimum absolute atomic E-state index is 0.0547. The number of amides is 2. The summed E-state index contributed by atoms with van der Waals surface area (Å²) >= 11 is 1.50. The molecule has 4 aliphatic rings. The summed E-state index contributed by atoms with van der Waals surface area (Å²) in [5.41, 5.74) is 5.68. The molecule has 9 nitrogen and oxygen atoms in total. The molecule has 0 radical (unpaired) electrons. The highest BCUT2D eigenvalue weighted by molar-refractivity contribution is 8.03. The molecule has 33 heavy (non-hydrogen) atoms. The Labute approximate surface area is 199 Å². The Hall–Kier alpha value is -1.62. The van der Waals surface area contributed by atoms with Crippen molar-refractivity contribution in [2.24, 2.45) is 23.5 Å². The molecule has 184 valence electrons. The van der Waals surface area contributed by atoms with Gasteiger partial charge < -0.3 is 25.7 Å². The normalized spacial score (nSPS) is 35.2. The van der Waals surface area contributed by atoms with Crippen LogP contribution in [0.5, 0.6) is 0 Å². The fourth-order valence-electron chi connectivity index (χ4n) is 6.07. The highest BCUT2D eigenvalue weighted by Gasteiger charge is 2.60. The topological polar surface area (TPSA) is 127 Å². The molecule has 3 fully saturated rings. The quantitative estimate of drug-likeness (QED) is 0.430. The Bertz CT molecular complexity index is 849. The lowest BCUT2D eigenvalue weighted by Crippen LogP contribution is -2.63. The van der Waals surface area contributed by atoms with Crippen LogP contribution >= 0.6 is 11.8 Å². The van der Waals surface area contributed by atoms with Gasteiger partial charge in [-0.15, -0.1) is 11.8 Å². The number of carbonyl (C=O) groups excluding carboxylic acids is 2. The number of rotatable bonds is 8. The van der Waals surface area contributed by atoms with Gasteiger partial charge in [-0.1, -0.05) is 6.92 Å². The molecular formula is C23H36N4O5S. The first kappa shape index (κ1) is 24.5. The number of thioether (sulfide) groups is 1. The monoisotopic (exact) mass is 480 g/mol. The van der Waals surface area contributed by atoms with Crippen molar-refractivity contribution in [3.8, 4) is 0 Å². The first-order chi connectivity index (χ1) is 15.6. The van der Waals surface area contributed by atoms with Crippen molar-refractivity contribution in [1.29, 1.82) is 0 Å². The summed E-state index contributed by atoms with van der Waals surface area (Å²) in [6.07, 6.45) is 2.93. The zero-order valence-electron chi connectivity index (χ0n) is 19.6. The molecule has 7 atom stereocenters. The number of aliphatic hydroxyl groups is 1. The first-order valence-electron chi connectivity index (χ1n) is 12.0. The van der Waals surface area contributed by atoms with Gasteiger partial charge in [0.2, 0.25) is 11.8 Å². The number of carbonyl (C=O) groups is 3. The zero-order chi connectivity index (χ0) is 24.0. The molecule has 0 spiro atoms. The summed E-state index contributed by atoms with van der Waals surface area (Å²) < 4.78 is 0. The SMILES string of the molecule is C[C@@H](O)C1C(=O)N2C(C(=O)O)=C(S[C@H]3C[C@@H](C(=O)N4CCC(CCCN)C4)N(C)C3)[C@H](C)C12. The Balaban J connectivity index is 1.42. The first-order valence-corrected chi connectivity index (χ1v) is 12.9. The Morgan fingerprint density at radius 3 is 2.67 bits per heavy atom. The molecule has 0 bridgehead atoms. The number of likely N-dealkylation sites (N-methyl/N-ethyl adjacent to an activating group) is 1. The van der Waals surface area contributed by atoms with Gasteiger partial charge >= 0.3 is 5.97 Å². The highest BCUT2D eigenvalue weighted by atomic mass is 32.2. The fraction of sp³-hybridized carbons (Fsp3) is 0.783. The van der Waals surface area contributed by atoms with E-state index in [0.717, 1.165) is 32.4 Å². The van der Waals surface area contributed by atoms with Gasteiger partial charge in [0.25, 0.3) is 0 Å². The molecular weight excluding hydrogens is 444 g/mol.